The van der Waals surface area contributed by atoms with E-state index in [2.05, 4.69) is 0 Å². The molecule has 0 radical (unpaired) electrons. The normalized spacial score (nSPS) is 11.8. The molecule has 0 amide bonds. The second-order valence-electron chi connectivity index (χ2n) is 2.66. The minimum absolute atomic E-state index is 0.0842. The summed E-state index contributed by atoms with van der Waals surface area (Å²) < 4.78 is 12.6. The van der Waals surface area contributed by atoms with Gasteiger partial charge in [0.1, 0.15) is 0 Å². The fraction of sp³-hybridized carbons (Fsp3) is 0. The summed E-state index contributed by atoms with van der Waals surface area (Å²) in [5, 5.41) is -0.0842. The molecule has 6 N–H and O–H groups in total. The van der Waals surface area contributed by atoms with Crippen molar-refractivity contribution in [3.05, 3.63) is 10.7 Å². The third-order valence-corrected chi connectivity index (χ3v) is 6.94. The lowest BCUT2D eigenvalue weighted by atomic mass is 10.3. The second kappa shape index (κ2) is 4.80. The predicted molar refractivity (Wildman–Crippen MR) is 85.1 cm³/mol. The first-order chi connectivity index (χ1) is 6.68. The number of anilines is 2. The molecule has 84 valence electrons. The fourth-order valence-electron chi connectivity index (χ4n) is 0.945. The summed E-state index contributed by atoms with van der Waals surface area (Å²) in [5.41, 5.74) is 12.0. The monoisotopic (exact) mass is 566 g/mol. The summed E-state index contributed by atoms with van der Waals surface area (Å²) in [6.07, 6.45) is 0. The maximum absolute atomic E-state index is 11.3. The van der Waals surface area contributed by atoms with E-state index in [0.29, 0.717) is 22.1 Å². The molecule has 0 fully saturated rings. The van der Waals surface area contributed by atoms with Gasteiger partial charge in [0, 0.05) is 0 Å². The van der Waals surface area contributed by atoms with E-state index in [1.165, 1.54) is 0 Å². The van der Waals surface area contributed by atoms with Gasteiger partial charge in [-0.3, -0.25) is 4.57 Å². The van der Waals surface area contributed by atoms with Gasteiger partial charge >= 0.3 is 7.60 Å². The molecule has 0 aliphatic carbocycles. The van der Waals surface area contributed by atoms with Crippen LogP contribution in [0.1, 0.15) is 0 Å². The summed E-state index contributed by atoms with van der Waals surface area (Å²) in [5.74, 6) is 0. The lowest BCUT2D eigenvalue weighted by molar-refractivity contribution is 0.387. The van der Waals surface area contributed by atoms with Crippen LogP contribution < -0.4 is 16.8 Å². The largest absolute Gasteiger partial charge is 0.397 e. The predicted octanol–water partition coefficient (Wildman–Crippen LogP) is 1.47. The van der Waals surface area contributed by atoms with Crippen molar-refractivity contribution in [2.75, 3.05) is 11.5 Å². The third kappa shape index (κ3) is 2.70. The Balaban J connectivity index is 3.76. The van der Waals surface area contributed by atoms with Crippen LogP contribution in [0.4, 0.5) is 11.4 Å². The average Bonchev–Trinajstić information content (AvgIpc) is 2.09. The van der Waals surface area contributed by atoms with Gasteiger partial charge in [0.25, 0.3) is 0 Å². The summed E-state index contributed by atoms with van der Waals surface area (Å²) >= 11 is 5.58. The van der Waals surface area contributed by atoms with E-state index in [4.69, 9.17) is 11.5 Å². The minimum Gasteiger partial charge on any atom is -0.397 e. The summed E-state index contributed by atoms with van der Waals surface area (Å²) in [7, 11) is -4.35. The van der Waals surface area contributed by atoms with Crippen LogP contribution in [-0.2, 0) is 4.57 Å². The maximum atomic E-state index is 11.3. The highest BCUT2D eigenvalue weighted by molar-refractivity contribution is 14.1. The molecular formula is C6H6I3N2O3P. The zero-order chi connectivity index (χ0) is 12.0. The second-order valence-corrected chi connectivity index (χ2v) is 7.43. The smallest absolute Gasteiger partial charge is 0.358 e. The van der Waals surface area contributed by atoms with Crippen LogP contribution in [0.2, 0.25) is 0 Å². The Bertz CT molecular complexity index is 444. The molecule has 0 bridgehead atoms. The van der Waals surface area contributed by atoms with E-state index < -0.39 is 7.60 Å². The zero-order valence-corrected chi connectivity index (χ0v) is 14.4. The van der Waals surface area contributed by atoms with E-state index in [1.807, 2.05) is 67.8 Å². The maximum Gasteiger partial charge on any atom is 0.358 e. The molecule has 1 aromatic carbocycles. The number of nitrogens with two attached hydrogens (primary N) is 2. The van der Waals surface area contributed by atoms with E-state index in [1.54, 1.807) is 0 Å². The SMILES string of the molecule is Nc1c(I)c(N)c(I)c(P(=O)(O)O)c1I. The van der Waals surface area contributed by atoms with Crippen molar-refractivity contribution in [3.63, 3.8) is 0 Å². The van der Waals surface area contributed by atoms with E-state index in [9.17, 15) is 14.4 Å². The van der Waals surface area contributed by atoms with Crippen molar-refractivity contribution in [3.8, 4) is 0 Å². The molecule has 1 aromatic rings. The molecule has 0 saturated carbocycles. The van der Waals surface area contributed by atoms with Crippen LogP contribution in [0.3, 0.4) is 0 Å². The highest BCUT2D eigenvalue weighted by Gasteiger charge is 2.28. The van der Waals surface area contributed by atoms with Crippen molar-refractivity contribution in [1.82, 2.24) is 0 Å². The number of nitrogen functional groups attached to an aromatic ring is 2. The lowest BCUT2D eigenvalue weighted by Gasteiger charge is -2.15. The molecule has 0 spiro atoms. The van der Waals surface area contributed by atoms with Gasteiger partial charge in [-0.25, -0.2) is 0 Å². The average molecular weight is 566 g/mol. The van der Waals surface area contributed by atoms with Gasteiger partial charge in [-0.1, -0.05) is 0 Å². The Kier molecular flexibility index (Phi) is 4.55. The van der Waals surface area contributed by atoms with Crippen LogP contribution in [0.25, 0.3) is 0 Å². The Morgan fingerprint density at radius 1 is 0.933 bits per heavy atom. The topological polar surface area (TPSA) is 110 Å². The van der Waals surface area contributed by atoms with Crippen LogP contribution in [0.5, 0.6) is 0 Å². The number of rotatable bonds is 1. The zero-order valence-electron chi connectivity index (χ0n) is 7.04. The van der Waals surface area contributed by atoms with Gasteiger partial charge in [-0.15, -0.1) is 0 Å². The van der Waals surface area contributed by atoms with Crippen molar-refractivity contribution < 1.29 is 14.4 Å². The molecule has 0 aromatic heterocycles. The first-order valence-corrected chi connectivity index (χ1v) is 8.30. The fourth-order valence-corrected chi connectivity index (χ4v) is 6.75. The number of benzene rings is 1. The quantitative estimate of drug-likeness (QED) is 0.234. The standard InChI is InChI=1S/C6H6I3N2O3P/c7-1-4(10)2(8)6(15(12,13)14)3(9)5(1)11/h10-11H2,(H2,12,13,14). The molecule has 0 atom stereocenters. The van der Waals surface area contributed by atoms with Crippen LogP contribution in [-0.4, -0.2) is 9.79 Å². The van der Waals surface area contributed by atoms with E-state index >= 15 is 0 Å². The molecule has 9 heteroatoms. The highest BCUT2D eigenvalue weighted by atomic mass is 127. The summed E-state index contributed by atoms with van der Waals surface area (Å²) in [6.45, 7) is 0. The summed E-state index contributed by atoms with van der Waals surface area (Å²) in [6, 6.07) is 0. The van der Waals surface area contributed by atoms with E-state index in [0.717, 1.165) is 0 Å². The van der Waals surface area contributed by atoms with Gasteiger partial charge < -0.3 is 21.3 Å². The molecule has 0 aliphatic heterocycles. The van der Waals surface area contributed by atoms with E-state index in [-0.39, 0.29) is 5.30 Å². The molecule has 1 rings (SSSR count). The molecule has 0 heterocycles. The minimum atomic E-state index is -4.35. The van der Waals surface area contributed by atoms with Gasteiger partial charge in [-0.05, 0) is 67.8 Å². The molecule has 0 unspecified atom stereocenters. The highest BCUT2D eigenvalue weighted by Crippen LogP contribution is 2.42. The Labute approximate surface area is 127 Å². The van der Waals surface area contributed by atoms with Gasteiger partial charge in [-0.2, -0.15) is 0 Å². The van der Waals surface area contributed by atoms with Gasteiger partial charge in [0.15, 0.2) is 0 Å². The van der Waals surface area contributed by atoms with Gasteiger partial charge in [0.05, 0.1) is 27.4 Å². The number of hydrogen-bond acceptors (Lipinski definition) is 3. The number of hydrogen-bond donors (Lipinski definition) is 4. The van der Waals surface area contributed by atoms with Crippen LogP contribution in [0, 0.1) is 10.7 Å². The number of halogens is 3. The lowest BCUT2D eigenvalue weighted by Crippen LogP contribution is -2.19. The van der Waals surface area contributed by atoms with Crippen LogP contribution in [0.15, 0.2) is 0 Å². The molecule has 5 nitrogen and oxygen atoms in total. The molecule has 15 heavy (non-hydrogen) atoms. The van der Waals surface area contributed by atoms with Gasteiger partial charge in [0.2, 0.25) is 0 Å². The molecular weight excluding hydrogens is 560 g/mol. The first-order valence-electron chi connectivity index (χ1n) is 3.45. The third-order valence-electron chi connectivity index (χ3n) is 1.65. The molecule has 0 aliphatic rings. The summed E-state index contributed by atoms with van der Waals surface area (Å²) in [4.78, 5) is 18.4. The first kappa shape index (κ1) is 14.2. The Morgan fingerprint density at radius 3 is 1.53 bits per heavy atom. The van der Waals surface area contributed by atoms with Crippen molar-refractivity contribution in [2.45, 2.75) is 0 Å². The molecule has 0 saturated heterocycles. The Hall–Kier alpha value is 1.16. The van der Waals surface area contributed by atoms with Crippen molar-refractivity contribution in [2.24, 2.45) is 0 Å². The Morgan fingerprint density at radius 2 is 1.27 bits per heavy atom. The van der Waals surface area contributed by atoms with Crippen LogP contribution >= 0.6 is 75.4 Å². The van der Waals surface area contributed by atoms with Crippen molar-refractivity contribution in [1.29, 1.82) is 0 Å². The van der Waals surface area contributed by atoms with Crippen molar-refractivity contribution >= 4 is 92.0 Å².